The minimum atomic E-state index is 0.0170. The predicted molar refractivity (Wildman–Crippen MR) is 90.2 cm³/mol. The molecule has 3 rings (SSSR count). The normalized spacial score (nSPS) is 10.7. The lowest BCUT2D eigenvalue weighted by molar-refractivity contribution is -0.121. The molecule has 6 nitrogen and oxygen atoms in total. The maximum Gasteiger partial charge on any atom is 0.220 e. The van der Waals surface area contributed by atoms with Crippen molar-refractivity contribution >= 4 is 28.6 Å². The second kappa shape index (κ2) is 7.38. The van der Waals surface area contributed by atoms with Crippen molar-refractivity contribution in [3.8, 4) is 10.8 Å². The van der Waals surface area contributed by atoms with E-state index < -0.39 is 0 Å². The first-order valence-electron chi connectivity index (χ1n) is 7.10. The maximum absolute atomic E-state index is 11.9. The van der Waals surface area contributed by atoms with E-state index in [2.05, 4.69) is 25.3 Å². The highest BCUT2D eigenvalue weighted by Crippen LogP contribution is 2.19. The van der Waals surface area contributed by atoms with Gasteiger partial charge in [-0.15, -0.1) is 22.7 Å². The van der Waals surface area contributed by atoms with E-state index in [9.17, 15) is 4.79 Å². The van der Waals surface area contributed by atoms with Gasteiger partial charge in [0.1, 0.15) is 0 Å². The van der Waals surface area contributed by atoms with Gasteiger partial charge in [0.05, 0.1) is 23.4 Å². The summed E-state index contributed by atoms with van der Waals surface area (Å²) < 4.78 is 0. The van der Waals surface area contributed by atoms with Gasteiger partial charge in [-0.3, -0.25) is 4.79 Å². The molecule has 118 valence electrons. The number of hydrogen-bond acceptors (Lipinski definition) is 7. The monoisotopic (exact) mass is 345 g/mol. The third-order valence-electron chi connectivity index (χ3n) is 3.20. The van der Waals surface area contributed by atoms with Gasteiger partial charge in [-0.2, -0.15) is 0 Å². The Balaban J connectivity index is 1.50. The van der Waals surface area contributed by atoms with Crippen LogP contribution in [0.3, 0.4) is 0 Å². The van der Waals surface area contributed by atoms with Crippen LogP contribution in [0, 0.1) is 6.92 Å². The van der Waals surface area contributed by atoms with Gasteiger partial charge in [0.25, 0.3) is 0 Å². The van der Waals surface area contributed by atoms with E-state index >= 15 is 0 Å². The van der Waals surface area contributed by atoms with E-state index in [-0.39, 0.29) is 5.91 Å². The second-order valence-electron chi connectivity index (χ2n) is 4.85. The first kappa shape index (κ1) is 15.7. The molecule has 0 aliphatic carbocycles. The van der Waals surface area contributed by atoms with E-state index in [0.29, 0.717) is 18.8 Å². The number of rotatable bonds is 6. The van der Waals surface area contributed by atoms with Crippen molar-refractivity contribution in [1.29, 1.82) is 0 Å². The molecule has 0 saturated heterocycles. The zero-order valence-corrected chi connectivity index (χ0v) is 14.2. The molecule has 8 heteroatoms. The minimum absolute atomic E-state index is 0.0170. The predicted octanol–water partition coefficient (Wildman–Crippen LogP) is 2.61. The fourth-order valence-electron chi connectivity index (χ4n) is 1.97. The van der Waals surface area contributed by atoms with Gasteiger partial charge < -0.3 is 5.32 Å². The van der Waals surface area contributed by atoms with E-state index in [1.807, 2.05) is 17.8 Å². The van der Waals surface area contributed by atoms with Crippen molar-refractivity contribution in [2.45, 2.75) is 26.3 Å². The number of hydrogen-bond donors (Lipinski definition) is 1. The lowest BCUT2D eigenvalue weighted by Gasteiger charge is -2.02. The molecule has 1 amide bonds. The van der Waals surface area contributed by atoms with Crippen LogP contribution < -0.4 is 5.32 Å². The fourth-order valence-corrected chi connectivity index (χ4v) is 3.52. The van der Waals surface area contributed by atoms with Crippen LogP contribution in [0.1, 0.15) is 22.7 Å². The van der Waals surface area contributed by atoms with Crippen molar-refractivity contribution in [1.82, 2.24) is 25.3 Å². The van der Waals surface area contributed by atoms with Crippen LogP contribution in [-0.2, 0) is 17.8 Å². The summed E-state index contributed by atoms with van der Waals surface area (Å²) in [5.41, 5.74) is 3.64. The van der Waals surface area contributed by atoms with Gasteiger partial charge in [-0.05, 0) is 19.4 Å². The van der Waals surface area contributed by atoms with Crippen LogP contribution in [0.25, 0.3) is 10.8 Å². The average molecular weight is 345 g/mol. The third-order valence-corrected chi connectivity index (χ3v) is 5.08. The summed E-state index contributed by atoms with van der Waals surface area (Å²) in [7, 11) is 0. The molecule has 0 aliphatic heterocycles. The van der Waals surface area contributed by atoms with Crippen LogP contribution in [-0.4, -0.2) is 25.8 Å². The van der Waals surface area contributed by atoms with Gasteiger partial charge in [0.15, 0.2) is 10.8 Å². The molecule has 23 heavy (non-hydrogen) atoms. The smallest absolute Gasteiger partial charge is 0.220 e. The summed E-state index contributed by atoms with van der Waals surface area (Å²) in [4.78, 5) is 30.1. The Hall–Kier alpha value is -2.19. The Labute approximate surface area is 141 Å². The zero-order chi connectivity index (χ0) is 16.1. The standard InChI is InChI=1S/C15H15N5OS2/c1-10-12(23-9-19-10)3-4-13(21)18-7-11-8-22-15(20-11)14-16-5-2-6-17-14/h2,5-6,8-9H,3-4,7H2,1H3,(H,18,21). The Morgan fingerprint density at radius 3 is 2.78 bits per heavy atom. The SMILES string of the molecule is Cc1ncsc1CCC(=O)NCc1csc(-c2ncccn2)n1. The fraction of sp³-hybridized carbons (Fsp3) is 0.267. The minimum Gasteiger partial charge on any atom is -0.350 e. The molecule has 0 atom stereocenters. The highest BCUT2D eigenvalue weighted by Gasteiger charge is 2.09. The van der Waals surface area contributed by atoms with Gasteiger partial charge in [-0.25, -0.2) is 19.9 Å². The molecule has 0 unspecified atom stereocenters. The van der Waals surface area contributed by atoms with Crippen molar-refractivity contribution in [3.63, 3.8) is 0 Å². The van der Waals surface area contributed by atoms with Crippen molar-refractivity contribution in [2.75, 3.05) is 0 Å². The molecule has 0 radical (unpaired) electrons. The van der Waals surface area contributed by atoms with Gasteiger partial charge in [0, 0.05) is 29.1 Å². The topological polar surface area (TPSA) is 80.7 Å². The van der Waals surface area contributed by atoms with E-state index in [1.54, 1.807) is 29.8 Å². The number of carbonyl (C=O) groups excluding carboxylic acids is 1. The number of carbonyl (C=O) groups is 1. The quantitative estimate of drug-likeness (QED) is 0.743. The molecule has 3 heterocycles. The van der Waals surface area contributed by atoms with E-state index in [0.717, 1.165) is 27.7 Å². The van der Waals surface area contributed by atoms with E-state index in [4.69, 9.17) is 0 Å². The Morgan fingerprint density at radius 2 is 2.04 bits per heavy atom. The molecule has 0 bridgehead atoms. The molecular formula is C15H15N5OS2. The molecule has 0 spiro atoms. The van der Waals surface area contributed by atoms with Gasteiger partial charge in [-0.1, -0.05) is 0 Å². The Bertz CT molecular complexity index is 784. The number of nitrogens with one attached hydrogen (secondary N) is 1. The number of thiazole rings is 2. The number of nitrogens with zero attached hydrogens (tertiary/aromatic N) is 4. The van der Waals surface area contributed by atoms with Crippen LogP contribution in [0.15, 0.2) is 29.4 Å². The summed E-state index contributed by atoms with van der Waals surface area (Å²) in [6, 6.07) is 1.77. The summed E-state index contributed by atoms with van der Waals surface area (Å²) >= 11 is 3.06. The summed E-state index contributed by atoms with van der Waals surface area (Å²) in [5.74, 6) is 0.624. The van der Waals surface area contributed by atoms with E-state index in [1.165, 1.54) is 11.3 Å². The van der Waals surface area contributed by atoms with Crippen LogP contribution in [0.5, 0.6) is 0 Å². The molecule has 0 fully saturated rings. The highest BCUT2D eigenvalue weighted by molar-refractivity contribution is 7.13. The van der Waals surface area contributed by atoms with Crippen molar-refractivity contribution in [3.05, 3.63) is 45.6 Å². The lowest BCUT2D eigenvalue weighted by atomic mass is 10.2. The summed E-state index contributed by atoms with van der Waals surface area (Å²) in [6.07, 6.45) is 4.56. The van der Waals surface area contributed by atoms with Crippen molar-refractivity contribution < 1.29 is 4.79 Å². The zero-order valence-electron chi connectivity index (χ0n) is 12.5. The second-order valence-corrected chi connectivity index (χ2v) is 6.65. The van der Waals surface area contributed by atoms with Crippen LogP contribution in [0.4, 0.5) is 0 Å². The Morgan fingerprint density at radius 1 is 1.22 bits per heavy atom. The molecule has 3 aromatic rings. The lowest BCUT2D eigenvalue weighted by Crippen LogP contribution is -2.23. The Kier molecular flexibility index (Phi) is 5.04. The van der Waals surface area contributed by atoms with Gasteiger partial charge >= 0.3 is 0 Å². The third kappa shape index (κ3) is 4.17. The summed E-state index contributed by atoms with van der Waals surface area (Å²) in [6.45, 7) is 2.38. The molecule has 0 aromatic carbocycles. The number of aromatic nitrogens is 4. The molecule has 0 saturated carbocycles. The largest absolute Gasteiger partial charge is 0.350 e. The number of amides is 1. The molecule has 1 N–H and O–H groups in total. The molecule has 3 aromatic heterocycles. The molecule has 0 aliphatic rings. The van der Waals surface area contributed by atoms with Crippen LogP contribution >= 0.6 is 22.7 Å². The highest BCUT2D eigenvalue weighted by atomic mass is 32.1. The number of aryl methyl sites for hydroxylation is 2. The van der Waals surface area contributed by atoms with Crippen molar-refractivity contribution in [2.24, 2.45) is 0 Å². The van der Waals surface area contributed by atoms with Crippen LogP contribution in [0.2, 0.25) is 0 Å². The molecular weight excluding hydrogens is 330 g/mol. The first-order chi connectivity index (χ1) is 11.2. The summed E-state index contributed by atoms with van der Waals surface area (Å²) in [5, 5.41) is 5.57. The first-order valence-corrected chi connectivity index (χ1v) is 8.86. The average Bonchev–Trinajstić information content (AvgIpc) is 3.21. The maximum atomic E-state index is 11.9. The van der Waals surface area contributed by atoms with Gasteiger partial charge in [0.2, 0.25) is 5.91 Å².